The summed E-state index contributed by atoms with van der Waals surface area (Å²) in [5, 5.41) is 9.74. The number of methoxy groups -OCH3 is 1. The average Bonchev–Trinajstić information content (AvgIpc) is 2.81. The van der Waals surface area contributed by atoms with Gasteiger partial charge in [0.25, 0.3) is 0 Å². The lowest BCUT2D eigenvalue weighted by Gasteiger charge is -2.14. The number of amides is 1. The molecule has 1 aliphatic rings. The fourth-order valence-electron chi connectivity index (χ4n) is 2.10. The summed E-state index contributed by atoms with van der Waals surface area (Å²) in [7, 11) is 1.65. The van der Waals surface area contributed by atoms with E-state index in [-0.39, 0.29) is 11.2 Å². The number of hydrogen-bond acceptors (Lipinski definition) is 4. The number of fused-ring (bicyclic) bond motifs is 1. The molecule has 98 valence electrons. The highest BCUT2D eigenvalue weighted by Crippen LogP contribution is 2.41. The predicted octanol–water partition coefficient (Wildman–Crippen LogP) is 2.19. The van der Waals surface area contributed by atoms with Crippen LogP contribution in [0.25, 0.3) is 0 Å². The van der Waals surface area contributed by atoms with E-state index in [9.17, 15) is 4.79 Å². The number of carbonyl (C=O) groups excluding carboxylic acids is 1. The van der Waals surface area contributed by atoms with Gasteiger partial charge in [-0.25, -0.2) is 0 Å². The molecule has 2 heterocycles. The lowest BCUT2D eigenvalue weighted by atomic mass is 10.1. The third-order valence-electron chi connectivity index (χ3n) is 2.99. The Labute approximate surface area is 114 Å². The first-order chi connectivity index (χ1) is 9.28. The Bertz CT molecular complexity index is 611. The second kappa shape index (κ2) is 4.97. The Morgan fingerprint density at radius 1 is 1.47 bits per heavy atom. The van der Waals surface area contributed by atoms with Crippen molar-refractivity contribution in [1.29, 1.82) is 0 Å². The summed E-state index contributed by atoms with van der Waals surface area (Å²) < 4.78 is 5.25. The van der Waals surface area contributed by atoms with E-state index in [4.69, 9.17) is 4.74 Å². The van der Waals surface area contributed by atoms with Crippen molar-refractivity contribution in [2.75, 3.05) is 18.2 Å². The molecule has 1 aromatic carbocycles. The van der Waals surface area contributed by atoms with Crippen molar-refractivity contribution in [1.82, 2.24) is 10.2 Å². The Morgan fingerprint density at radius 3 is 3.21 bits per heavy atom. The van der Waals surface area contributed by atoms with Gasteiger partial charge in [0.05, 0.1) is 24.3 Å². The molecule has 2 N–H and O–H groups in total. The average molecular weight is 275 g/mol. The predicted molar refractivity (Wildman–Crippen MR) is 74.5 cm³/mol. The van der Waals surface area contributed by atoms with Gasteiger partial charge in [-0.2, -0.15) is 5.10 Å². The Hall–Kier alpha value is -1.95. The van der Waals surface area contributed by atoms with Crippen LogP contribution in [0.1, 0.15) is 16.4 Å². The molecule has 2 aromatic rings. The highest BCUT2D eigenvalue weighted by molar-refractivity contribution is 8.00. The molecule has 0 fully saturated rings. The van der Waals surface area contributed by atoms with Crippen molar-refractivity contribution in [2.45, 2.75) is 5.25 Å². The Morgan fingerprint density at radius 2 is 2.37 bits per heavy atom. The van der Waals surface area contributed by atoms with E-state index in [0.29, 0.717) is 11.6 Å². The number of hydrogen-bond donors (Lipinski definition) is 2. The summed E-state index contributed by atoms with van der Waals surface area (Å²) in [6, 6.07) is 7.89. The van der Waals surface area contributed by atoms with E-state index >= 15 is 0 Å². The minimum Gasteiger partial charge on any atom is -0.497 e. The number of nitrogens with one attached hydrogen (secondary N) is 2. The maximum absolute atomic E-state index is 11.6. The van der Waals surface area contributed by atoms with E-state index in [0.717, 1.165) is 16.9 Å². The van der Waals surface area contributed by atoms with Gasteiger partial charge in [-0.1, -0.05) is 12.1 Å². The number of thioether (sulfide) groups is 1. The van der Waals surface area contributed by atoms with Gasteiger partial charge in [0.2, 0.25) is 5.91 Å². The van der Waals surface area contributed by atoms with Gasteiger partial charge in [0.15, 0.2) is 0 Å². The smallest absolute Gasteiger partial charge is 0.235 e. The van der Waals surface area contributed by atoms with Crippen molar-refractivity contribution in [3.63, 3.8) is 0 Å². The molecule has 19 heavy (non-hydrogen) atoms. The molecule has 6 heteroatoms. The molecule has 3 rings (SSSR count). The maximum atomic E-state index is 11.6. The lowest BCUT2D eigenvalue weighted by Crippen LogP contribution is -2.12. The first-order valence-electron chi connectivity index (χ1n) is 5.86. The Kier molecular flexibility index (Phi) is 3.16. The van der Waals surface area contributed by atoms with E-state index < -0.39 is 0 Å². The van der Waals surface area contributed by atoms with Gasteiger partial charge in [-0.05, 0) is 17.7 Å². The zero-order valence-corrected chi connectivity index (χ0v) is 11.2. The lowest BCUT2D eigenvalue weighted by molar-refractivity contribution is -0.113. The molecule has 1 aromatic heterocycles. The third-order valence-corrected chi connectivity index (χ3v) is 4.28. The molecule has 1 aliphatic heterocycles. The summed E-state index contributed by atoms with van der Waals surface area (Å²) in [4.78, 5) is 11.6. The second-order valence-corrected chi connectivity index (χ2v) is 5.31. The monoisotopic (exact) mass is 275 g/mol. The number of nitrogens with zero attached hydrogens (tertiary/aromatic N) is 1. The van der Waals surface area contributed by atoms with E-state index in [1.807, 2.05) is 24.3 Å². The summed E-state index contributed by atoms with van der Waals surface area (Å²) in [5.74, 6) is 1.90. The summed E-state index contributed by atoms with van der Waals surface area (Å²) in [5.41, 5.74) is 2.09. The molecule has 0 aliphatic carbocycles. The summed E-state index contributed by atoms with van der Waals surface area (Å²) >= 11 is 1.58. The van der Waals surface area contributed by atoms with Crippen LogP contribution in [0.2, 0.25) is 0 Å². The van der Waals surface area contributed by atoms with Gasteiger partial charge in [-0.3, -0.25) is 9.89 Å². The normalized spacial score (nSPS) is 18.4. The fourth-order valence-corrected chi connectivity index (χ4v) is 3.19. The van der Waals surface area contributed by atoms with E-state index in [2.05, 4.69) is 15.5 Å². The van der Waals surface area contributed by atoms with Crippen molar-refractivity contribution in [2.24, 2.45) is 0 Å². The van der Waals surface area contributed by atoms with E-state index in [1.54, 1.807) is 25.1 Å². The molecular formula is C13H13N3O2S. The van der Waals surface area contributed by atoms with Gasteiger partial charge in [-0.15, -0.1) is 11.8 Å². The topological polar surface area (TPSA) is 67.0 Å². The van der Waals surface area contributed by atoms with Gasteiger partial charge in [0, 0.05) is 5.56 Å². The van der Waals surface area contributed by atoms with Crippen LogP contribution in [0.3, 0.4) is 0 Å². The highest BCUT2D eigenvalue weighted by atomic mass is 32.2. The minimum atomic E-state index is -0.0131. The van der Waals surface area contributed by atoms with Crippen molar-refractivity contribution in [3.8, 4) is 5.75 Å². The number of anilines is 1. The van der Waals surface area contributed by atoms with Crippen molar-refractivity contribution >= 4 is 23.5 Å². The molecule has 0 saturated heterocycles. The van der Waals surface area contributed by atoms with Crippen LogP contribution in [0.15, 0.2) is 30.5 Å². The maximum Gasteiger partial charge on any atom is 0.235 e. The molecule has 0 spiro atoms. The summed E-state index contributed by atoms with van der Waals surface area (Å²) in [6.45, 7) is 0. The van der Waals surface area contributed by atoms with Crippen LogP contribution in [0, 0.1) is 0 Å². The number of aromatic nitrogens is 2. The number of rotatable bonds is 2. The first kappa shape index (κ1) is 12.1. The van der Waals surface area contributed by atoms with Crippen LogP contribution >= 0.6 is 11.8 Å². The van der Waals surface area contributed by atoms with Crippen LogP contribution < -0.4 is 10.1 Å². The number of aromatic amines is 1. The van der Waals surface area contributed by atoms with Gasteiger partial charge < -0.3 is 10.1 Å². The van der Waals surface area contributed by atoms with Crippen molar-refractivity contribution in [3.05, 3.63) is 41.6 Å². The fraction of sp³-hybridized carbons (Fsp3) is 0.231. The number of ether oxygens (including phenoxy) is 1. The van der Waals surface area contributed by atoms with Crippen LogP contribution in [0.5, 0.6) is 5.75 Å². The minimum absolute atomic E-state index is 0.0131. The van der Waals surface area contributed by atoms with Gasteiger partial charge in [0.1, 0.15) is 11.6 Å². The molecule has 5 nitrogen and oxygen atoms in total. The zero-order chi connectivity index (χ0) is 13.2. The molecule has 1 atom stereocenters. The van der Waals surface area contributed by atoms with E-state index in [1.165, 1.54) is 0 Å². The Balaban J connectivity index is 2.02. The van der Waals surface area contributed by atoms with Crippen molar-refractivity contribution < 1.29 is 9.53 Å². The number of H-pyrrole nitrogens is 1. The number of carbonyl (C=O) groups is 1. The standard InChI is InChI=1S/C13H13N3O2S/c1-18-9-4-2-3-8(5-9)12-10-6-14-16-13(10)15-11(17)7-19-12/h2-6,12H,7H2,1H3,(H2,14,15,16,17)/t12-/m0/s1. The molecule has 0 saturated carbocycles. The molecule has 0 radical (unpaired) electrons. The SMILES string of the molecule is COc1cccc([C@@H]2SCC(=O)Nc3[nH]ncc32)c1. The highest BCUT2D eigenvalue weighted by Gasteiger charge is 2.25. The molecule has 0 unspecified atom stereocenters. The summed E-state index contributed by atoms with van der Waals surface area (Å²) in [6.07, 6.45) is 1.76. The molecule has 1 amide bonds. The quantitative estimate of drug-likeness (QED) is 0.881. The van der Waals surface area contributed by atoms with Crippen LogP contribution in [-0.4, -0.2) is 29.0 Å². The third kappa shape index (κ3) is 2.31. The molecule has 0 bridgehead atoms. The number of benzene rings is 1. The van der Waals surface area contributed by atoms with Crippen LogP contribution in [-0.2, 0) is 4.79 Å². The molecular weight excluding hydrogens is 262 g/mol. The second-order valence-electron chi connectivity index (χ2n) is 4.22. The van der Waals surface area contributed by atoms with Gasteiger partial charge >= 0.3 is 0 Å². The first-order valence-corrected chi connectivity index (χ1v) is 6.91. The zero-order valence-electron chi connectivity index (χ0n) is 10.3. The largest absolute Gasteiger partial charge is 0.497 e. The van der Waals surface area contributed by atoms with Crippen LogP contribution in [0.4, 0.5) is 5.82 Å².